The summed E-state index contributed by atoms with van der Waals surface area (Å²) in [5.74, 6) is 1.48. The molecule has 0 spiro atoms. The van der Waals surface area contributed by atoms with Crippen molar-refractivity contribution < 1.29 is 9.53 Å². The number of halogens is 1. The SMILES string of the molecule is CCOc1ccccc1-c1nnc(SCC(=O)Nc2ccccc2Cl)n1C. The Kier molecular flexibility index (Phi) is 6.36. The van der Waals surface area contributed by atoms with E-state index in [9.17, 15) is 4.79 Å². The molecular formula is C19H19ClN4O2S. The van der Waals surface area contributed by atoms with Gasteiger partial charge in [-0.05, 0) is 31.2 Å². The first-order valence-electron chi connectivity index (χ1n) is 8.39. The number of ether oxygens (including phenoxy) is 1. The van der Waals surface area contributed by atoms with Crippen LogP contribution in [0.4, 0.5) is 5.69 Å². The molecule has 140 valence electrons. The molecule has 0 aliphatic carbocycles. The van der Waals surface area contributed by atoms with Gasteiger partial charge in [-0.25, -0.2) is 0 Å². The van der Waals surface area contributed by atoms with E-state index in [0.29, 0.717) is 28.3 Å². The van der Waals surface area contributed by atoms with Crippen LogP contribution in [-0.4, -0.2) is 33.0 Å². The second kappa shape index (κ2) is 8.92. The minimum Gasteiger partial charge on any atom is -0.493 e. The minimum absolute atomic E-state index is 0.160. The van der Waals surface area contributed by atoms with Gasteiger partial charge in [0, 0.05) is 7.05 Å². The van der Waals surface area contributed by atoms with Gasteiger partial charge < -0.3 is 14.6 Å². The third kappa shape index (κ3) is 4.61. The van der Waals surface area contributed by atoms with Gasteiger partial charge in [-0.15, -0.1) is 10.2 Å². The highest BCUT2D eigenvalue weighted by Crippen LogP contribution is 2.30. The fraction of sp³-hybridized carbons (Fsp3) is 0.211. The van der Waals surface area contributed by atoms with E-state index in [0.717, 1.165) is 11.3 Å². The summed E-state index contributed by atoms with van der Waals surface area (Å²) in [6.45, 7) is 2.50. The molecule has 0 aliphatic heterocycles. The summed E-state index contributed by atoms with van der Waals surface area (Å²) >= 11 is 7.37. The van der Waals surface area contributed by atoms with Crippen molar-refractivity contribution in [3.05, 3.63) is 53.6 Å². The van der Waals surface area contributed by atoms with Gasteiger partial charge in [-0.3, -0.25) is 4.79 Å². The number of para-hydroxylation sites is 2. The quantitative estimate of drug-likeness (QED) is 0.598. The van der Waals surface area contributed by atoms with Crippen LogP contribution >= 0.6 is 23.4 Å². The number of hydrogen-bond donors (Lipinski definition) is 1. The van der Waals surface area contributed by atoms with Crippen LogP contribution in [0.15, 0.2) is 53.7 Å². The number of nitrogens with one attached hydrogen (secondary N) is 1. The second-order valence-electron chi connectivity index (χ2n) is 5.61. The molecule has 8 heteroatoms. The topological polar surface area (TPSA) is 69.0 Å². The van der Waals surface area contributed by atoms with Crippen LogP contribution in [0.3, 0.4) is 0 Å². The zero-order chi connectivity index (χ0) is 19.2. The van der Waals surface area contributed by atoms with Gasteiger partial charge in [0.1, 0.15) is 5.75 Å². The first-order valence-corrected chi connectivity index (χ1v) is 9.75. The van der Waals surface area contributed by atoms with E-state index in [1.165, 1.54) is 11.8 Å². The number of benzene rings is 2. The Hall–Kier alpha value is -2.51. The van der Waals surface area contributed by atoms with Gasteiger partial charge in [0.05, 0.1) is 28.6 Å². The summed E-state index contributed by atoms with van der Waals surface area (Å²) in [6, 6.07) is 14.8. The van der Waals surface area contributed by atoms with Crippen LogP contribution in [0.25, 0.3) is 11.4 Å². The lowest BCUT2D eigenvalue weighted by molar-refractivity contribution is -0.113. The molecule has 0 saturated heterocycles. The Balaban J connectivity index is 1.69. The second-order valence-corrected chi connectivity index (χ2v) is 6.96. The third-order valence-electron chi connectivity index (χ3n) is 3.74. The van der Waals surface area contributed by atoms with Crippen molar-refractivity contribution in [3.8, 4) is 17.1 Å². The fourth-order valence-electron chi connectivity index (χ4n) is 2.49. The van der Waals surface area contributed by atoms with Crippen molar-refractivity contribution in [2.24, 2.45) is 7.05 Å². The van der Waals surface area contributed by atoms with Crippen molar-refractivity contribution in [1.29, 1.82) is 0 Å². The lowest BCUT2D eigenvalue weighted by Crippen LogP contribution is -2.14. The van der Waals surface area contributed by atoms with Crippen molar-refractivity contribution >= 4 is 35.0 Å². The van der Waals surface area contributed by atoms with Crippen molar-refractivity contribution in [1.82, 2.24) is 14.8 Å². The number of anilines is 1. The number of carbonyl (C=O) groups is 1. The summed E-state index contributed by atoms with van der Waals surface area (Å²) in [5.41, 5.74) is 1.45. The van der Waals surface area contributed by atoms with Crippen LogP contribution in [0, 0.1) is 0 Å². The third-order valence-corrected chi connectivity index (χ3v) is 5.09. The Labute approximate surface area is 166 Å². The normalized spacial score (nSPS) is 10.6. The maximum absolute atomic E-state index is 12.2. The van der Waals surface area contributed by atoms with E-state index in [2.05, 4.69) is 15.5 Å². The molecule has 3 aromatic rings. The highest BCUT2D eigenvalue weighted by Gasteiger charge is 2.16. The standard InChI is InChI=1S/C19H19ClN4O2S/c1-3-26-16-11-7-4-8-13(16)18-22-23-19(24(18)2)27-12-17(25)21-15-10-6-5-9-14(15)20/h4-11H,3,12H2,1-2H3,(H,21,25). The molecule has 2 aromatic carbocycles. The van der Waals surface area contributed by atoms with Crippen molar-refractivity contribution in [2.75, 3.05) is 17.7 Å². The molecule has 0 bridgehead atoms. The van der Waals surface area contributed by atoms with E-state index >= 15 is 0 Å². The predicted octanol–water partition coefficient (Wildman–Crippen LogP) is 4.27. The van der Waals surface area contributed by atoms with Crippen LogP contribution in [0.2, 0.25) is 5.02 Å². The summed E-state index contributed by atoms with van der Waals surface area (Å²) in [4.78, 5) is 12.2. The molecule has 1 amide bonds. The zero-order valence-electron chi connectivity index (χ0n) is 15.0. The van der Waals surface area contributed by atoms with E-state index in [1.54, 1.807) is 12.1 Å². The number of thioether (sulfide) groups is 1. The maximum Gasteiger partial charge on any atom is 0.234 e. The number of hydrogen-bond acceptors (Lipinski definition) is 5. The monoisotopic (exact) mass is 402 g/mol. The molecule has 0 saturated carbocycles. The Morgan fingerprint density at radius 1 is 1.19 bits per heavy atom. The van der Waals surface area contributed by atoms with Crippen LogP contribution < -0.4 is 10.1 Å². The highest BCUT2D eigenvalue weighted by atomic mass is 35.5. The molecule has 1 aromatic heterocycles. The minimum atomic E-state index is -0.160. The van der Waals surface area contributed by atoms with E-state index in [-0.39, 0.29) is 11.7 Å². The van der Waals surface area contributed by atoms with Crippen molar-refractivity contribution in [2.45, 2.75) is 12.1 Å². The lowest BCUT2D eigenvalue weighted by Gasteiger charge is -2.10. The van der Waals surface area contributed by atoms with Gasteiger partial charge in [-0.2, -0.15) is 0 Å². The average molecular weight is 403 g/mol. The number of carbonyl (C=O) groups excluding carboxylic acids is 1. The molecule has 0 fully saturated rings. The summed E-state index contributed by atoms with van der Waals surface area (Å²) in [7, 11) is 1.87. The Morgan fingerprint density at radius 3 is 2.70 bits per heavy atom. The maximum atomic E-state index is 12.2. The molecule has 3 rings (SSSR count). The molecular weight excluding hydrogens is 384 g/mol. The Morgan fingerprint density at radius 2 is 1.93 bits per heavy atom. The van der Waals surface area contributed by atoms with Gasteiger partial charge in [0.15, 0.2) is 11.0 Å². The lowest BCUT2D eigenvalue weighted by atomic mass is 10.2. The Bertz CT molecular complexity index is 945. The van der Waals surface area contributed by atoms with Gasteiger partial charge in [0.2, 0.25) is 5.91 Å². The molecule has 0 radical (unpaired) electrons. The number of aromatic nitrogens is 3. The largest absolute Gasteiger partial charge is 0.493 e. The van der Waals surface area contributed by atoms with E-state index in [4.69, 9.17) is 16.3 Å². The molecule has 0 aliphatic rings. The van der Waals surface area contributed by atoms with Gasteiger partial charge in [-0.1, -0.05) is 47.6 Å². The summed E-state index contributed by atoms with van der Waals surface area (Å²) in [5, 5.41) is 12.4. The summed E-state index contributed by atoms with van der Waals surface area (Å²) in [6.07, 6.45) is 0. The van der Waals surface area contributed by atoms with Crippen LogP contribution in [0.1, 0.15) is 6.92 Å². The van der Waals surface area contributed by atoms with E-state index in [1.807, 2.05) is 54.9 Å². The molecule has 1 N–H and O–H groups in total. The number of rotatable bonds is 7. The molecule has 0 unspecified atom stereocenters. The molecule has 0 atom stereocenters. The number of amides is 1. The molecule has 27 heavy (non-hydrogen) atoms. The first kappa shape index (κ1) is 19.3. The smallest absolute Gasteiger partial charge is 0.234 e. The van der Waals surface area contributed by atoms with E-state index < -0.39 is 0 Å². The zero-order valence-corrected chi connectivity index (χ0v) is 16.5. The number of nitrogens with zero attached hydrogens (tertiary/aromatic N) is 3. The first-order chi connectivity index (χ1) is 13.1. The van der Waals surface area contributed by atoms with Gasteiger partial charge >= 0.3 is 0 Å². The average Bonchev–Trinajstić information content (AvgIpc) is 3.03. The highest BCUT2D eigenvalue weighted by molar-refractivity contribution is 7.99. The van der Waals surface area contributed by atoms with Crippen LogP contribution in [0.5, 0.6) is 5.75 Å². The summed E-state index contributed by atoms with van der Waals surface area (Å²) < 4.78 is 7.52. The van der Waals surface area contributed by atoms with Crippen LogP contribution in [-0.2, 0) is 11.8 Å². The van der Waals surface area contributed by atoms with Crippen molar-refractivity contribution in [3.63, 3.8) is 0 Å². The fourth-order valence-corrected chi connectivity index (χ4v) is 3.38. The molecule has 6 nitrogen and oxygen atoms in total. The predicted molar refractivity (Wildman–Crippen MR) is 108 cm³/mol. The van der Waals surface area contributed by atoms with Gasteiger partial charge in [0.25, 0.3) is 0 Å². The molecule has 1 heterocycles.